The molecule has 0 radical (unpaired) electrons. The van der Waals surface area contributed by atoms with Gasteiger partial charge in [0.25, 0.3) is 0 Å². The van der Waals surface area contributed by atoms with Gasteiger partial charge in [-0.2, -0.15) is 5.10 Å². The molecule has 0 aromatic carbocycles. The number of hydrogen-bond acceptors (Lipinski definition) is 3. The number of imidazole rings is 1. The molecular formula is C16H27N5. The van der Waals surface area contributed by atoms with E-state index in [1.807, 2.05) is 19.4 Å². The standard InChI is InChI=1S/C16H27N5/c1-13-9-14(2)21(19-13)8-6-7-20-12-17-10-15(20)11-18-16(3,4)5/h9-10,12,18H,6-8,11H2,1-5H3. The minimum absolute atomic E-state index is 0.124. The highest BCUT2D eigenvalue weighted by Crippen LogP contribution is 2.07. The van der Waals surface area contributed by atoms with Crippen LogP contribution in [0.3, 0.4) is 0 Å². The second kappa shape index (κ2) is 6.43. The molecule has 2 aromatic rings. The van der Waals surface area contributed by atoms with Crippen molar-refractivity contribution < 1.29 is 0 Å². The lowest BCUT2D eigenvalue weighted by Crippen LogP contribution is -2.35. The molecule has 116 valence electrons. The van der Waals surface area contributed by atoms with Gasteiger partial charge in [-0.25, -0.2) is 4.98 Å². The van der Waals surface area contributed by atoms with Crippen LogP contribution in [0.4, 0.5) is 0 Å². The first-order valence-corrected chi connectivity index (χ1v) is 7.60. The van der Waals surface area contributed by atoms with Crippen molar-refractivity contribution in [3.63, 3.8) is 0 Å². The molecule has 0 aliphatic carbocycles. The van der Waals surface area contributed by atoms with Crippen LogP contribution in [-0.4, -0.2) is 24.9 Å². The van der Waals surface area contributed by atoms with Gasteiger partial charge >= 0.3 is 0 Å². The first-order valence-electron chi connectivity index (χ1n) is 7.60. The lowest BCUT2D eigenvalue weighted by Gasteiger charge is -2.21. The van der Waals surface area contributed by atoms with Crippen LogP contribution < -0.4 is 5.32 Å². The summed E-state index contributed by atoms with van der Waals surface area (Å²) >= 11 is 0. The molecule has 0 unspecified atom stereocenters. The zero-order valence-corrected chi connectivity index (χ0v) is 13.8. The van der Waals surface area contributed by atoms with E-state index in [2.05, 4.69) is 58.4 Å². The number of aromatic nitrogens is 4. The summed E-state index contributed by atoms with van der Waals surface area (Å²) in [5.74, 6) is 0. The summed E-state index contributed by atoms with van der Waals surface area (Å²) in [6.45, 7) is 13.4. The second-order valence-electron chi connectivity index (χ2n) is 6.69. The largest absolute Gasteiger partial charge is 0.333 e. The first-order chi connectivity index (χ1) is 9.85. The summed E-state index contributed by atoms with van der Waals surface area (Å²) in [6.07, 6.45) is 4.92. The third-order valence-corrected chi connectivity index (χ3v) is 3.47. The molecule has 0 spiro atoms. The lowest BCUT2D eigenvalue weighted by atomic mass is 10.1. The van der Waals surface area contributed by atoms with Gasteiger partial charge < -0.3 is 9.88 Å². The number of nitrogens with zero attached hydrogens (tertiary/aromatic N) is 4. The van der Waals surface area contributed by atoms with Crippen molar-refractivity contribution in [1.82, 2.24) is 24.6 Å². The second-order valence-corrected chi connectivity index (χ2v) is 6.69. The van der Waals surface area contributed by atoms with Crippen LogP contribution >= 0.6 is 0 Å². The Labute approximate surface area is 127 Å². The minimum atomic E-state index is 0.124. The summed E-state index contributed by atoms with van der Waals surface area (Å²) < 4.78 is 4.31. The van der Waals surface area contributed by atoms with Gasteiger partial charge in [0.05, 0.1) is 17.7 Å². The van der Waals surface area contributed by atoms with Crippen molar-refractivity contribution in [2.24, 2.45) is 0 Å². The predicted molar refractivity (Wildman–Crippen MR) is 85.1 cm³/mol. The Morgan fingerprint density at radius 2 is 1.95 bits per heavy atom. The molecule has 0 aliphatic rings. The van der Waals surface area contributed by atoms with Gasteiger partial charge in [0.1, 0.15) is 0 Å². The molecule has 0 saturated heterocycles. The zero-order valence-electron chi connectivity index (χ0n) is 13.8. The van der Waals surface area contributed by atoms with Crippen LogP contribution in [0.5, 0.6) is 0 Å². The fraction of sp³-hybridized carbons (Fsp3) is 0.625. The van der Waals surface area contributed by atoms with E-state index < -0.39 is 0 Å². The molecule has 2 rings (SSSR count). The van der Waals surface area contributed by atoms with Crippen LogP contribution in [0, 0.1) is 13.8 Å². The Hall–Kier alpha value is -1.62. The third kappa shape index (κ3) is 4.70. The van der Waals surface area contributed by atoms with E-state index in [1.165, 1.54) is 11.4 Å². The molecule has 5 heteroatoms. The molecule has 0 atom stereocenters. The maximum atomic E-state index is 4.50. The van der Waals surface area contributed by atoms with Gasteiger partial charge in [0, 0.05) is 37.1 Å². The van der Waals surface area contributed by atoms with Gasteiger partial charge in [0.2, 0.25) is 0 Å². The van der Waals surface area contributed by atoms with Crippen LogP contribution in [0.15, 0.2) is 18.6 Å². The van der Waals surface area contributed by atoms with Crippen molar-refractivity contribution in [2.45, 2.75) is 66.2 Å². The number of nitrogens with one attached hydrogen (secondary N) is 1. The molecule has 0 saturated carbocycles. The predicted octanol–water partition coefficient (Wildman–Crippen LogP) is 2.67. The van der Waals surface area contributed by atoms with E-state index in [-0.39, 0.29) is 5.54 Å². The Kier molecular flexibility index (Phi) is 4.83. The van der Waals surface area contributed by atoms with Crippen molar-refractivity contribution >= 4 is 0 Å². The average Bonchev–Trinajstić information content (AvgIpc) is 2.93. The van der Waals surface area contributed by atoms with Crippen molar-refractivity contribution in [3.8, 4) is 0 Å². The fourth-order valence-electron chi connectivity index (χ4n) is 2.34. The summed E-state index contributed by atoms with van der Waals surface area (Å²) in [4.78, 5) is 4.27. The highest BCUT2D eigenvalue weighted by Gasteiger charge is 2.10. The maximum Gasteiger partial charge on any atom is 0.0948 e. The highest BCUT2D eigenvalue weighted by atomic mass is 15.3. The topological polar surface area (TPSA) is 47.7 Å². The zero-order chi connectivity index (χ0) is 15.5. The van der Waals surface area contributed by atoms with Crippen LogP contribution in [0.25, 0.3) is 0 Å². The monoisotopic (exact) mass is 289 g/mol. The molecule has 1 N–H and O–H groups in total. The Morgan fingerprint density at radius 3 is 2.57 bits per heavy atom. The number of hydrogen-bond donors (Lipinski definition) is 1. The minimum Gasteiger partial charge on any atom is -0.333 e. The first kappa shape index (κ1) is 15.8. The van der Waals surface area contributed by atoms with E-state index in [0.29, 0.717) is 0 Å². The van der Waals surface area contributed by atoms with E-state index >= 15 is 0 Å². The Morgan fingerprint density at radius 1 is 1.19 bits per heavy atom. The van der Waals surface area contributed by atoms with Gasteiger partial charge in [0.15, 0.2) is 0 Å². The lowest BCUT2D eigenvalue weighted by molar-refractivity contribution is 0.412. The van der Waals surface area contributed by atoms with E-state index in [4.69, 9.17) is 0 Å². The molecular weight excluding hydrogens is 262 g/mol. The molecule has 5 nitrogen and oxygen atoms in total. The molecule has 0 amide bonds. The van der Waals surface area contributed by atoms with E-state index in [0.717, 1.165) is 31.7 Å². The van der Waals surface area contributed by atoms with Gasteiger partial charge in [-0.3, -0.25) is 4.68 Å². The van der Waals surface area contributed by atoms with Crippen LogP contribution in [0.1, 0.15) is 44.3 Å². The Balaban J connectivity index is 1.86. The Bertz CT molecular complexity index is 574. The molecule has 0 fully saturated rings. The molecule has 21 heavy (non-hydrogen) atoms. The van der Waals surface area contributed by atoms with Gasteiger partial charge in [-0.1, -0.05) is 0 Å². The molecule has 2 heterocycles. The van der Waals surface area contributed by atoms with Crippen molar-refractivity contribution in [1.29, 1.82) is 0 Å². The number of rotatable bonds is 6. The maximum absolute atomic E-state index is 4.50. The van der Waals surface area contributed by atoms with Gasteiger partial charge in [-0.05, 0) is 47.1 Å². The normalized spacial score (nSPS) is 12.0. The van der Waals surface area contributed by atoms with Gasteiger partial charge in [-0.15, -0.1) is 0 Å². The van der Waals surface area contributed by atoms with Crippen LogP contribution in [0.2, 0.25) is 0 Å². The highest BCUT2D eigenvalue weighted by molar-refractivity contribution is 5.06. The van der Waals surface area contributed by atoms with Crippen LogP contribution in [-0.2, 0) is 19.6 Å². The average molecular weight is 289 g/mol. The quantitative estimate of drug-likeness (QED) is 0.889. The smallest absolute Gasteiger partial charge is 0.0948 e. The summed E-state index contributed by atoms with van der Waals surface area (Å²) in [6, 6.07) is 2.12. The third-order valence-electron chi connectivity index (χ3n) is 3.47. The molecule has 0 bridgehead atoms. The van der Waals surface area contributed by atoms with E-state index in [9.17, 15) is 0 Å². The fourth-order valence-corrected chi connectivity index (χ4v) is 2.34. The van der Waals surface area contributed by atoms with Crippen molar-refractivity contribution in [2.75, 3.05) is 0 Å². The number of aryl methyl sites for hydroxylation is 4. The molecule has 0 aliphatic heterocycles. The molecule has 2 aromatic heterocycles. The summed E-state index contributed by atoms with van der Waals surface area (Å²) in [7, 11) is 0. The van der Waals surface area contributed by atoms with Crippen molar-refractivity contribution in [3.05, 3.63) is 35.7 Å². The SMILES string of the molecule is Cc1cc(C)n(CCCn2cncc2CNC(C)(C)C)n1. The summed E-state index contributed by atoms with van der Waals surface area (Å²) in [5, 5.41) is 8.01. The summed E-state index contributed by atoms with van der Waals surface area (Å²) in [5.41, 5.74) is 3.68. The van der Waals surface area contributed by atoms with E-state index in [1.54, 1.807) is 0 Å².